The van der Waals surface area contributed by atoms with E-state index in [1.165, 1.54) is 0 Å². The van der Waals surface area contributed by atoms with Crippen LogP contribution in [0, 0.1) is 5.92 Å². The number of carbonyl (C=O) groups excluding carboxylic acids is 1. The lowest BCUT2D eigenvalue weighted by Gasteiger charge is -2.36. The minimum Gasteiger partial charge on any atom is -0.481 e. The summed E-state index contributed by atoms with van der Waals surface area (Å²) in [6.45, 7) is 5.38. The maximum atomic E-state index is 11.4. The van der Waals surface area contributed by atoms with E-state index >= 15 is 0 Å². The zero-order valence-electron chi connectivity index (χ0n) is 9.95. The molecule has 2 N–H and O–H groups in total. The molecule has 1 saturated carbocycles. The summed E-state index contributed by atoms with van der Waals surface area (Å²) in [4.78, 5) is 21.9. The van der Waals surface area contributed by atoms with Gasteiger partial charge in [0.15, 0.2) is 0 Å². The Morgan fingerprint density at radius 2 is 2.00 bits per heavy atom. The molecule has 0 saturated heterocycles. The van der Waals surface area contributed by atoms with Gasteiger partial charge in [-0.25, -0.2) is 4.79 Å². The monoisotopic (exact) mass is 229 g/mol. The van der Waals surface area contributed by atoms with Gasteiger partial charge in [0, 0.05) is 6.04 Å². The van der Waals surface area contributed by atoms with Crippen molar-refractivity contribution in [3.8, 4) is 0 Å². The van der Waals surface area contributed by atoms with E-state index in [0.29, 0.717) is 0 Å². The van der Waals surface area contributed by atoms with Crippen LogP contribution in [0.25, 0.3) is 0 Å². The normalized spacial score (nSPS) is 24.4. The average molecular weight is 229 g/mol. The number of hydrogen-bond donors (Lipinski definition) is 2. The number of carbonyl (C=O) groups is 2. The quantitative estimate of drug-likeness (QED) is 0.773. The van der Waals surface area contributed by atoms with Crippen molar-refractivity contribution in [1.29, 1.82) is 0 Å². The van der Waals surface area contributed by atoms with Crippen molar-refractivity contribution in [3.05, 3.63) is 0 Å². The Kier molecular flexibility index (Phi) is 3.78. The first-order valence-electron chi connectivity index (χ1n) is 5.49. The van der Waals surface area contributed by atoms with Crippen LogP contribution in [0.1, 0.15) is 40.0 Å². The summed E-state index contributed by atoms with van der Waals surface area (Å²) >= 11 is 0. The third-order valence-electron chi connectivity index (χ3n) is 2.56. The Hall–Kier alpha value is -1.26. The molecular formula is C11H19NO4. The highest BCUT2D eigenvalue weighted by molar-refractivity contribution is 5.69. The Morgan fingerprint density at radius 1 is 1.38 bits per heavy atom. The first-order valence-corrected chi connectivity index (χ1v) is 5.49. The van der Waals surface area contributed by atoms with Crippen LogP contribution >= 0.6 is 0 Å². The molecule has 5 heteroatoms. The number of hydrogen-bond acceptors (Lipinski definition) is 3. The van der Waals surface area contributed by atoms with Gasteiger partial charge in [0.25, 0.3) is 0 Å². The van der Waals surface area contributed by atoms with Crippen LogP contribution in [0.5, 0.6) is 0 Å². The van der Waals surface area contributed by atoms with Gasteiger partial charge < -0.3 is 15.2 Å². The topological polar surface area (TPSA) is 75.6 Å². The molecule has 1 fully saturated rings. The average Bonchev–Trinajstić information content (AvgIpc) is 2.06. The molecule has 1 aliphatic rings. The number of nitrogens with one attached hydrogen (secondary N) is 1. The first kappa shape index (κ1) is 12.8. The maximum absolute atomic E-state index is 11.4. The van der Waals surface area contributed by atoms with E-state index in [1.54, 1.807) is 20.8 Å². The molecule has 0 spiro atoms. The number of carboxylic acid groups (broad SMARTS) is 1. The third kappa shape index (κ3) is 4.08. The van der Waals surface area contributed by atoms with Gasteiger partial charge in [-0.15, -0.1) is 0 Å². The van der Waals surface area contributed by atoms with Gasteiger partial charge in [0.1, 0.15) is 5.60 Å². The Labute approximate surface area is 95.2 Å². The maximum Gasteiger partial charge on any atom is 0.407 e. The lowest BCUT2D eigenvalue weighted by molar-refractivity contribution is -0.139. The highest BCUT2D eigenvalue weighted by Crippen LogP contribution is 2.30. The second-order valence-electron chi connectivity index (χ2n) is 5.19. The van der Waals surface area contributed by atoms with Crippen molar-refractivity contribution in [2.75, 3.05) is 0 Å². The molecule has 0 aromatic heterocycles. The number of carboxylic acids is 1. The van der Waals surface area contributed by atoms with Crippen LogP contribution in [0.15, 0.2) is 0 Å². The molecule has 0 heterocycles. The number of amides is 1. The molecule has 2 atom stereocenters. The summed E-state index contributed by atoms with van der Waals surface area (Å²) in [6, 6.07) is -0.0500. The summed E-state index contributed by atoms with van der Waals surface area (Å²) in [5.74, 6) is -0.772. The first-order chi connectivity index (χ1) is 7.28. The lowest BCUT2D eigenvalue weighted by Crippen LogP contribution is -2.48. The van der Waals surface area contributed by atoms with E-state index in [0.717, 1.165) is 12.8 Å². The molecule has 0 radical (unpaired) electrons. The fourth-order valence-electron chi connectivity index (χ4n) is 1.69. The number of aliphatic carboxylic acids is 1. The van der Waals surface area contributed by atoms with Crippen molar-refractivity contribution < 1.29 is 19.4 Å². The highest BCUT2D eigenvalue weighted by Gasteiger charge is 2.34. The molecule has 0 aromatic rings. The molecule has 16 heavy (non-hydrogen) atoms. The van der Waals surface area contributed by atoms with Gasteiger partial charge in [0.2, 0.25) is 0 Å². The fourth-order valence-corrected chi connectivity index (χ4v) is 1.69. The molecule has 0 aliphatic heterocycles. The molecule has 1 amide bonds. The van der Waals surface area contributed by atoms with Crippen molar-refractivity contribution in [3.63, 3.8) is 0 Å². The summed E-state index contributed by atoms with van der Waals surface area (Å²) < 4.78 is 5.10. The summed E-state index contributed by atoms with van der Waals surface area (Å²) in [5, 5.41) is 11.3. The highest BCUT2D eigenvalue weighted by atomic mass is 16.6. The number of ether oxygens (including phenoxy) is 1. The van der Waals surface area contributed by atoms with Crippen molar-refractivity contribution in [2.45, 2.75) is 51.7 Å². The largest absolute Gasteiger partial charge is 0.481 e. The molecule has 92 valence electrons. The van der Waals surface area contributed by atoms with Gasteiger partial charge in [-0.05, 0) is 39.5 Å². The van der Waals surface area contributed by atoms with Crippen molar-refractivity contribution in [1.82, 2.24) is 5.32 Å². The Morgan fingerprint density at radius 3 is 2.38 bits per heavy atom. The van der Waals surface area contributed by atoms with Crippen LogP contribution < -0.4 is 5.32 Å². The summed E-state index contributed by atoms with van der Waals surface area (Å²) in [6.07, 6.45) is 1.33. The zero-order chi connectivity index (χ0) is 12.3. The van der Waals surface area contributed by atoms with Crippen LogP contribution in [-0.2, 0) is 9.53 Å². The van der Waals surface area contributed by atoms with E-state index < -0.39 is 17.7 Å². The van der Waals surface area contributed by atoms with Crippen LogP contribution in [0.4, 0.5) is 4.79 Å². The molecule has 1 rings (SSSR count). The minimum atomic E-state index is -0.819. The van der Waals surface area contributed by atoms with Crippen molar-refractivity contribution in [2.24, 2.45) is 5.92 Å². The van der Waals surface area contributed by atoms with E-state index in [9.17, 15) is 9.59 Å². The van der Waals surface area contributed by atoms with Gasteiger partial charge in [-0.3, -0.25) is 4.79 Å². The van der Waals surface area contributed by atoms with E-state index in [-0.39, 0.29) is 18.4 Å². The van der Waals surface area contributed by atoms with Gasteiger partial charge in [-0.2, -0.15) is 0 Å². The summed E-state index contributed by atoms with van der Waals surface area (Å²) in [7, 11) is 0. The van der Waals surface area contributed by atoms with E-state index in [2.05, 4.69) is 5.32 Å². The van der Waals surface area contributed by atoms with Gasteiger partial charge in [0.05, 0.1) is 6.42 Å². The van der Waals surface area contributed by atoms with E-state index in [4.69, 9.17) is 9.84 Å². The van der Waals surface area contributed by atoms with Crippen LogP contribution in [-0.4, -0.2) is 28.8 Å². The van der Waals surface area contributed by atoms with Crippen LogP contribution in [0.3, 0.4) is 0 Å². The molecule has 0 bridgehead atoms. The van der Waals surface area contributed by atoms with Gasteiger partial charge in [-0.1, -0.05) is 0 Å². The predicted molar refractivity (Wildman–Crippen MR) is 58.1 cm³/mol. The van der Waals surface area contributed by atoms with Gasteiger partial charge >= 0.3 is 12.1 Å². The second-order valence-corrected chi connectivity index (χ2v) is 5.19. The Balaban J connectivity index is 2.32. The zero-order valence-corrected chi connectivity index (χ0v) is 9.95. The van der Waals surface area contributed by atoms with Crippen molar-refractivity contribution >= 4 is 12.1 Å². The fraction of sp³-hybridized carbons (Fsp3) is 0.818. The Bertz CT molecular complexity index is 282. The summed E-state index contributed by atoms with van der Waals surface area (Å²) in [5.41, 5.74) is -0.518. The minimum absolute atomic E-state index is 0.0463. The molecule has 2 unspecified atom stereocenters. The molecule has 1 aliphatic carbocycles. The third-order valence-corrected chi connectivity index (χ3v) is 2.56. The SMILES string of the molecule is CC(C)(C)OC(=O)NC1CCC1CC(=O)O. The van der Waals surface area contributed by atoms with E-state index in [1.807, 2.05) is 0 Å². The lowest BCUT2D eigenvalue weighted by atomic mass is 9.77. The van der Waals surface area contributed by atoms with Crippen LogP contribution in [0.2, 0.25) is 0 Å². The predicted octanol–water partition coefficient (Wildman–Crippen LogP) is 1.76. The molecule has 5 nitrogen and oxygen atoms in total. The second kappa shape index (κ2) is 4.72. The molecule has 0 aromatic carbocycles. The smallest absolute Gasteiger partial charge is 0.407 e. The number of rotatable bonds is 3. The number of alkyl carbamates (subject to hydrolysis) is 1. The standard InChI is InChI=1S/C11H19NO4/c1-11(2,3)16-10(15)12-8-5-4-7(8)6-9(13)14/h7-8H,4-6H2,1-3H3,(H,12,15)(H,13,14). The molecular weight excluding hydrogens is 210 g/mol.